The van der Waals surface area contributed by atoms with Gasteiger partial charge in [-0.15, -0.1) is 10.2 Å². The molecule has 1 aliphatic carbocycles. The Hall–Kier alpha value is -3.22. The smallest absolute Gasteiger partial charge is 0.224 e. The number of aromatic nitrogens is 4. The molecule has 0 atom stereocenters. The quantitative estimate of drug-likeness (QED) is 0.604. The van der Waals surface area contributed by atoms with Crippen LogP contribution in [0.3, 0.4) is 0 Å². The van der Waals surface area contributed by atoms with E-state index in [0.717, 1.165) is 16.9 Å². The second kappa shape index (κ2) is 9.32. The number of hydrogen-bond acceptors (Lipinski definition) is 5. The monoisotopic (exact) mass is 390 g/mol. The number of benzene rings is 2. The summed E-state index contributed by atoms with van der Waals surface area (Å²) in [4.78, 5) is 13.8. The summed E-state index contributed by atoms with van der Waals surface area (Å²) in [5, 5.41) is 19.1. The van der Waals surface area contributed by atoms with Crippen molar-refractivity contribution >= 4 is 17.3 Å². The summed E-state index contributed by atoms with van der Waals surface area (Å²) in [5.41, 5.74) is 2.82. The van der Waals surface area contributed by atoms with Gasteiger partial charge in [-0.1, -0.05) is 49.2 Å². The Morgan fingerprint density at radius 2 is 1.83 bits per heavy atom. The van der Waals surface area contributed by atoms with Crippen LogP contribution in [0.2, 0.25) is 0 Å². The number of nitrogens with zero attached hydrogens (tertiary/aromatic N) is 4. The van der Waals surface area contributed by atoms with Crippen LogP contribution < -0.4 is 10.6 Å². The molecular formula is C22H26N6O. The van der Waals surface area contributed by atoms with E-state index in [0.29, 0.717) is 31.3 Å². The van der Waals surface area contributed by atoms with Crippen molar-refractivity contribution in [3.63, 3.8) is 0 Å². The van der Waals surface area contributed by atoms with E-state index in [4.69, 9.17) is 0 Å². The highest BCUT2D eigenvalue weighted by Gasteiger charge is 2.14. The molecule has 1 heterocycles. The topological polar surface area (TPSA) is 84.7 Å². The van der Waals surface area contributed by atoms with Crippen molar-refractivity contribution in [2.75, 3.05) is 10.6 Å². The number of aryl methyl sites for hydroxylation is 1. The third-order valence-electron chi connectivity index (χ3n) is 5.12. The zero-order chi connectivity index (χ0) is 19.9. The van der Waals surface area contributed by atoms with Gasteiger partial charge in [-0.25, -0.2) is 0 Å². The summed E-state index contributed by atoms with van der Waals surface area (Å²) in [7, 11) is 0. The molecule has 1 amide bonds. The molecular weight excluding hydrogens is 364 g/mol. The Morgan fingerprint density at radius 1 is 1.03 bits per heavy atom. The van der Waals surface area contributed by atoms with Gasteiger partial charge in [0, 0.05) is 29.4 Å². The van der Waals surface area contributed by atoms with Crippen molar-refractivity contribution in [3.05, 3.63) is 54.6 Å². The molecule has 0 unspecified atom stereocenters. The zero-order valence-corrected chi connectivity index (χ0v) is 16.4. The van der Waals surface area contributed by atoms with Crippen LogP contribution in [0.15, 0.2) is 54.6 Å². The fraction of sp³-hybridized carbons (Fsp3) is 0.364. The van der Waals surface area contributed by atoms with E-state index in [1.807, 2.05) is 48.5 Å². The van der Waals surface area contributed by atoms with E-state index >= 15 is 0 Å². The summed E-state index contributed by atoms with van der Waals surface area (Å²) in [6.45, 7) is 0.552. The predicted molar refractivity (Wildman–Crippen MR) is 113 cm³/mol. The summed E-state index contributed by atoms with van der Waals surface area (Å²) in [6, 6.07) is 18.2. The number of hydrogen-bond donors (Lipinski definition) is 2. The minimum Gasteiger partial charge on any atom is -0.382 e. The van der Waals surface area contributed by atoms with Crippen molar-refractivity contribution < 1.29 is 4.79 Å². The maximum Gasteiger partial charge on any atom is 0.224 e. The molecule has 1 fully saturated rings. The molecule has 1 aliphatic rings. The van der Waals surface area contributed by atoms with Gasteiger partial charge in [0.1, 0.15) is 0 Å². The molecule has 3 aromatic rings. The maximum absolute atomic E-state index is 12.3. The SMILES string of the molecule is O=C(CCCn1nnc(-c2ccccc2)n1)Nc1cccc(NC2CCCC2)c1. The van der Waals surface area contributed by atoms with Gasteiger partial charge in [-0.05, 0) is 42.7 Å². The third-order valence-corrected chi connectivity index (χ3v) is 5.12. The number of carbonyl (C=O) groups is 1. The molecule has 0 saturated heterocycles. The standard InChI is InChI=1S/C22H26N6O/c29-21(24-20-13-6-12-19(16-20)23-18-10-4-5-11-18)14-7-15-28-26-22(25-27-28)17-8-2-1-3-9-17/h1-3,6,8-9,12-13,16,18,23H,4-5,7,10-11,14-15H2,(H,24,29). The number of rotatable bonds is 8. The van der Waals surface area contributed by atoms with Gasteiger partial charge in [0.25, 0.3) is 0 Å². The molecule has 0 aliphatic heterocycles. The molecule has 0 bridgehead atoms. The van der Waals surface area contributed by atoms with Crippen LogP contribution in [-0.2, 0) is 11.3 Å². The Kier molecular flexibility index (Phi) is 6.14. The Bertz CT molecular complexity index is 933. The average molecular weight is 390 g/mol. The molecule has 2 aromatic carbocycles. The second-order valence-corrected chi connectivity index (χ2v) is 7.43. The lowest BCUT2D eigenvalue weighted by Crippen LogP contribution is -2.15. The second-order valence-electron chi connectivity index (χ2n) is 7.43. The first-order valence-electron chi connectivity index (χ1n) is 10.3. The van der Waals surface area contributed by atoms with Gasteiger partial charge in [0.2, 0.25) is 11.7 Å². The van der Waals surface area contributed by atoms with Gasteiger partial charge in [-0.3, -0.25) is 4.79 Å². The third kappa shape index (κ3) is 5.40. The highest BCUT2D eigenvalue weighted by atomic mass is 16.1. The normalized spacial score (nSPS) is 14.1. The molecule has 2 N–H and O–H groups in total. The molecule has 7 nitrogen and oxygen atoms in total. The molecule has 0 radical (unpaired) electrons. The van der Waals surface area contributed by atoms with Gasteiger partial charge in [-0.2, -0.15) is 4.80 Å². The number of amides is 1. The largest absolute Gasteiger partial charge is 0.382 e. The van der Waals surface area contributed by atoms with Crippen molar-refractivity contribution in [2.24, 2.45) is 0 Å². The van der Waals surface area contributed by atoms with Gasteiger partial charge >= 0.3 is 0 Å². The van der Waals surface area contributed by atoms with E-state index in [2.05, 4.69) is 32.1 Å². The van der Waals surface area contributed by atoms with Crippen LogP contribution in [0.5, 0.6) is 0 Å². The Balaban J connectivity index is 1.24. The molecule has 1 aromatic heterocycles. The Morgan fingerprint density at radius 3 is 2.66 bits per heavy atom. The Labute approximate surface area is 170 Å². The lowest BCUT2D eigenvalue weighted by Gasteiger charge is -2.14. The van der Waals surface area contributed by atoms with Crippen molar-refractivity contribution in [1.29, 1.82) is 0 Å². The lowest BCUT2D eigenvalue weighted by molar-refractivity contribution is -0.116. The molecule has 4 rings (SSSR count). The number of nitrogens with one attached hydrogen (secondary N) is 2. The first-order chi connectivity index (χ1) is 14.3. The van der Waals surface area contributed by atoms with E-state index in [9.17, 15) is 4.79 Å². The first kappa shape index (κ1) is 19.1. The van der Waals surface area contributed by atoms with E-state index in [1.165, 1.54) is 25.7 Å². The van der Waals surface area contributed by atoms with Crippen LogP contribution >= 0.6 is 0 Å². The minimum absolute atomic E-state index is 0.00795. The van der Waals surface area contributed by atoms with E-state index in [-0.39, 0.29) is 5.91 Å². The fourth-order valence-corrected chi connectivity index (χ4v) is 3.64. The van der Waals surface area contributed by atoms with Crippen LogP contribution in [0.1, 0.15) is 38.5 Å². The highest BCUT2D eigenvalue weighted by Crippen LogP contribution is 2.24. The van der Waals surface area contributed by atoms with Crippen molar-refractivity contribution in [2.45, 2.75) is 51.1 Å². The number of carbonyl (C=O) groups excluding carboxylic acids is 1. The fourth-order valence-electron chi connectivity index (χ4n) is 3.64. The molecule has 150 valence electrons. The summed E-state index contributed by atoms with van der Waals surface area (Å²) >= 11 is 0. The molecule has 0 spiro atoms. The summed E-state index contributed by atoms with van der Waals surface area (Å²) in [5.74, 6) is 0.591. The zero-order valence-electron chi connectivity index (χ0n) is 16.4. The van der Waals surface area contributed by atoms with Gasteiger partial charge in [0.05, 0.1) is 6.54 Å². The van der Waals surface area contributed by atoms with Crippen LogP contribution in [0.4, 0.5) is 11.4 Å². The first-order valence-corrected chi connectivity index (χ1v) is 10.3. The molecule has 1 saturated carbocycles. The number of tetrazole rings is 1. The van der Waals surface area contributed by atoms with Crippen LogP contribution in [0.25, 0.3) is 11.4 Å². The minimum atomic E-state index is -0.00795. The molecule has 29 heavy (non-hydrogen) atoms. The van der Waals surface area contributed by atoms with Crippen LogP contribution in [-0.4, -0.2) is 32.2 Å². The van der Waals surface area contributed by atoms with E-state index in [1.54, 1.807) is 4.80 Å². The van der Waals surface area contributed by atoms with Gasteiger partial charge < -0.3 is 10.6 Å². The predicted octanol–water partition coefficient (Wildman–Crippen LogP) is 4.11. The summed E-state index contributed by atoms with van der Waals surface area (Å²) < 4.78 is 0. The number of anilines is 2. The molecule has 7 heteroatoms. The lowest BCUT2D eigenvalue weighted by atomic mass is 10.2. The van der Waals surface area contributed by atoms with E-state index < -0.39 is 0 Å². The van der Waals surface area contributed by atoms with Gasteiger partial charge in [0.15, 0.2) is 0 Å². The van der Waals surface area contributed by atoms with Crippen molar-refractivity contribution in [3.8, 4) is 11.4 Å². The van der Waals surface area contributed by atoms with Crippen molar-refractivity contribution in [1.82, 2.24) is 20.2 Å². The maximum atomic E-state index is 12.3. The average Bonchev–Trinajstić information content (AvgIpc) is 3.41. The summed E-state index contributed by atoms with van der Waals surface area (Å²) in [6.07, 6.45) is 6.08. The van der Waals surface area contributed by atoms with Crippen LogP contribution in [0, 0.1) is 0 Å². The highest BCUT2D eigenvalue weighted by molar-refractivity contribution is 5.91.